The van der Waals surface area contributed by atoms with Crippen molar-refractivity contribution in [2.75, 3.05) is 21.3 Å². The summed E-state index contributed by atoms with van der Waals surface area (Å²) in [5.41, 5.74) is 8.57. The molecule has 0 saturated carbocycles. The summed E-state index contributed by atoms with van der Waals surface area (Å²) in [5, 5.41) is 17.1. The summed E-state index contributed by atoms with van der Waals surface area (Å²) in [4.78, 5) is 0. The normalized spacial score (nSPS) is 15.8. The van der Waals surface area contributed by atoms with Crippen LogP contribution in [-0.4, -0.2) is 31.5 Å². The van der Waals surface area contributed by atoms with Gasteiger partial charge in [0.1, 0.15) is 28.9 Å². The molecule has 0 bridgehead atoms. The topological polar surface area (TPSA) is 115 Å². The van der Waals surface area contributed by atoms with E-state index in [2.05, 4.69) is 16.3 Å². The van der Waals surface area contributed by atoms with E-state index in [4.69, 9.17) is 24.7 Å². The molecule has 1 aliphatic heterocycles. The maximum absolute atomic E-state index is 9.81. The van der Waals surface area contributed by atoms with Crippen LogP contribution in [-0.2, 0) is 0 Å². The van der Waals surface area contributed by atoms with Gasteiger partial charge in [0.05, 0.1) is 32.8 Å². The number of hydrogen-bond acceptors (Lipinski definition) is 7. The summed E-state index contributed by atoms with van der Waals surface area (Å²) in [5.74, 6) is 1.54. The monoisotopic (exact) mass is 370 g/mol. The maximum atomic E-state index is 9.81. The minimum atomic E-state index is -0.550. The fourth-order valence-corrected chi connectivity index (χ4v) is 3.31. The third kappa shape index (κ3) is 2.91. The number of hydrogen-bond donors (Lipinski definition) is 2. The van der Waals surface area contributed by atoms with Gasteiger partial charge in [-0.05, 0) is 5.92 Å². The van der Waals surface area contributed by atoms with Crippen molar-refractivity contribution in [3.63, 3.8) is 0 Å². The van der Waals surface area contributed by atoms with Crippen molar-refractivity contribution in [1.29, 1.82) is 5.26 Å². The van der Waals surface area contributed by atoms with Crippen LogP contribution < -0.4 is 24.7 Å². The second kappa shape index (κ2) is 7.11. The first-order chi connectivity index (χ1) is 13.0. The molecule has 3 rings (SSSR count). The molecule has 0 aliphatic carbocycles. The number of allylic oxidation sites excluding steroid dienone is 1. The molecular formula is C19H22N4O4. The molecular weight excluding hydrogens is 348 g/mol. The lowest BCUT2D eigenvalue weighted by atomic mass is 9.81. The van der Waals surface area contributed by atoms with Crippen molar-refractivity contribution in [1.82, 2.24) is 10.2 Å². The molecule has 8 heteroatoms. The average molecular weight is 370 g/mol. The zero-order chi connectivity index (χ0) is 19.7. The van der Waals surface area contributed by atoms with Crippen LogP contribution in [0.1, 0.15) is 42.5 Å². The molecule has 8 nitrogen and oxygen atoms in total. The largest absolute Gasteiger partial charge is 0.496 e. The molecule has 1 atom stereocenters. The van der Waals surface area contributed by atoms with Gasteiger partial charge < -0.3 is 24.7 Å². The Balaban J connectivity index is 2.36. The van der Waals surface area contributed by atoms with E-state index in [1.807, 2.05) is 13.8 Å². The standard InChI is InChI=1S/C19H22N4O4/c1-9(2)17-16-14(11(8-20)18(21)27-19(16)23-22-17)15-12(25-4)6-10(24-3)7-13(15)26-5/h6-7,9,14H,21H2,1-5H3,(H,22,23). The molecule has 0 fully saturated rings. The van der Waals surface area contributed by atoms with Gasteiger partial charge in [0.15, 0.2) is 0 Å². The Morgan fingerprint density at radius 2 is 1.78 bits per heavy atom. The first kappa shape index (κ1) is 18.5. The minimum absolute atomic E-state index is 0.0109. The van der Waals surface area contributed by atoms with Crippen molar-refractivity contribution in [2.45, 2.75) is 25.7 Å². The van der Waals surface area contributed by atoms with Gasteiger partial charge in [-0.1, -0.05) is 13.8 Å². The van der Waals surface area contributed by atoms with E-state index in [9.17, 15) is 5.26 Å². The number of fused-ring (bicyclic) bond motifs is 1. The molecule has 0 saturated heterocycles. The number of aromatic amines is 1. The highest BCUT2D eigenvalue weighted by Crippen LogP contribution is 2.50. The van der Waals surface area contributed by atoms with E-state index < -0.39 is 5.92 Å². The predicted octanol–water partition coefficient (Wildman–Crippen LogP) is 2.78. The Kier molecular flexibility index (Phi) is 4.86. The highest BCUT2D eigenvalue weighted by atomic mass is 16.5. The lowest BCUT2D eigenvalue weighted by Crippen LogP contribution is -2.22. The van der Waals surface area contributed by atoms with E-state index in [1.54, 1.807) is 33.5 Å². The molecule has 2 heterocycles. The second-order valence-corrected chi connectivity index (χ2v) is 6.38. The maximum Gasteiger partial charge on any atom is 0.244 e. The number of nitrogens with zero attached hydrogens (tertiary/aromatic N) is 2. The first-order valence-electron chi connectivity index (χ1n) is 8.42. The Bertz CT molecular complexity index is 915. The smallest absolute Gasteiger partial charge is 0.244 e. The van der Waals surface area contributed by atoms with Gasteiger partial charge in [0.25, 0.3) is 0 Å². The van der Waals surface area contributed by atoms with Crippen LogP contribution in [0, 0.1) is 11.3 Å². The summed E-state index contributed by atoms with van der Waals surface area (Å²) in [7, 11) is 4.66. The van der Waals surface area contributed by atoms with Crippen LogP contribution in [0.15, 0.2) is 23.6 Å². The SMILES string of the molecule is COc1cc(OC)c(C2C(C#N)=C(N)Oc3n[nH]c(C(C)C)c32)c(OC)c1. The van der Waals surface area contributed by atoms with Gasteiger partial charge in [-0.3, -0.25) is 5.10 Å². The predicted molar refractivity (Wildman–Crippen MR) is 98.1 cm³/mol. The molecule has 1 aliphatic rings. The number of benzene rings is 1. The number of ether oxygens (including phenoxy) is 4. The van der Waals surface area contributed by atoms with Crippen molar-refractivity contribution >= 4 is 0 Å². The molecule has 0 amide bonds. The van der Waals surface area contributed by atoms with Gasteiger partial charge in [-0.2, -0.15) is 5.26 Å². The van der Waals surface area contributed by atoms with E-state index >= 15 is 0 Å². The lowest BCUT2D eigenvalue weighted by Gasteiger charge is -2.27. The average Bonchev–Trinajstić information content (AvgIpc) is 3.09. The van der Waals surface area contributed by atoms with Gasteiger partial charge in [-0.25, -0.2) is 0 Å². The summed E-state index contributed by atoms with van der Waals surface area (Å²) in [6, 6.07) is 5.66. The molecule has 3 N–H and O–H groups in total. The van der Waals surface area contributed by atoms with Crippen LogP contribution in [0.2, 0.25) is 0 Å². The molecule has 2 aromatic rings. The summed E-state index contributed by atoms with van der Waals surface area (Å²) in [6.45, 7) is 4.06. The van der Waals surface area contributed by atoms with Crippen LogP contribution in [0.3, 0.4) is 0 Å². The highest BCUT2D eigenvalue weighted by Gasteiger charge is 2.39. The summed E-state index contributed by atoms with van der Waals surface area (Å²) < 4.78 is 22.1. The zero-order valence-corrected chi connectivity index (χ0v) is 15.9. The lowest BCUT2D eigenvalue weighted by molar-refractivity contribution is 0.358. The van der Waals surface area contributed by atoms with Gasteiger partial charge in [-0.15, -0.1) is 5.10 Å². The molecule has 0 spiro atoms. The summed E-state index contributed by atoms with van der Waals surface area (Å²) in [6.07, 6.45) is 0. The number of H-pyrrole nitrogens is 1. The molecule has 0 radical (unpaired) electrons. The molecule has 142 valence electrons. The fourth-order valence-electron chi connectivity index (χ4n) is 3.31. The Morgan fingerprint density at radius 1 is 1.15 bits per heavy atom. The van der Waals surface area contributed by atoms with Crippen LogP contribution in [0.5, 0.6) is 23.1 Å². The van der Waals surface area contributed by atoms with E-state index in [0.717, 1.165) is 11.3 Å². The number of methoxy groups -OCH3 is 3. The minimum Gasteiger partial charge on any atom is -0.496 e. The molecule has 1 aromatic heterocycles. The van der Waals surface area contributed by atoms with Gasteiger partial charge in [0, 0.05) is 23.4 Å². The third-order valence-corrected chi connectivity index (χ3v) is 4.59. The van der Waals surface area contributed by atoms with Gasteiger partial charge in [0.2, 0.25) is 11.8 Å². The summed E-state index contributed by atoms with van der Waals surface area (Å²) >= 11 is 0. The number of nitrogens with one attached hydrogen (secondary N) is 1. The fraction of sp³-hybridized carbons (Fsp3) is 0.368. The van der Waals surface area contributed by atoms with Crippen molar-refractivity contribution < 1.29 is 18.9 Å². The second-order valence-electron chi connectivity index (χ2n) is 6.38. The van der Waals surface area contributed by atoms with Crippen molar-refractivity contribution in [2.24, 2.45) is 5.73 Å². The van der Waals surface area contributed by atoms with Crippen LogP contribution in [0.25, 0.3) is 0 Å². The molecule has 1 unspecified atom stereocenters. The van der Waals surface area contributed by atoms with E-state index in [-0.39, 0.29) is 17.4 Å². The Labute approximate surface area is 157 Å². The van der Waals surface area contributed by atoms with Crippen molar-refractivity contribution in [3.05, 3.63) is 40.4 Å². The number of aromatic nitrogens is 2. The van der Waals surface area contributed by atoms with Crippen LogP contribution in [0.4, 0.5) is 0 Å². The quantitative estimate of drug-likeness (QED) is 0.831. The van der Waals surface area contributed by atoms with Gasteiger partial charge >= 0.3 is 0 Å². The Hall–Kier alpha value is -3.34. The van der Waals surface area contributed by atoms with E-state index in [1.165, 1.54) is 0 Å². The number of rotatable bonds is 5. The highest BCUT2D eigenvalue weighted by molar-refractivity contribution is 5.63. The third-order valence-electron chi connectivity index (χ3n) is 4.59. The van der Waals surface area contributed by atoms with Crippen molar-refractivity contribution in [3.8, 4) is 29.2 Å². The molecule has 27 heavy (non-hydrogen) atoms. The number of nitrogens with two attached hydrogens (primary N) is 1. The van der Waals surface area contributed by atoms with E-state index in [0.29, 0.717) is 28.7 Å². The zero-order valence-electron chi connectivity index (χ0n) is 15.9. The Morgan fingerprint density at radius 3 is 2.26 bits per heavy atom. The first-order valence-corrected chi connectivity index (χ1v) is 8.42. The number of nitriles is 1. The van der Waals surface area contributed by atoms with Crippen LogP contribution >= 0.6 is 0 Å². The molecule has 1 aromatic carbocycles.